The topological polar surface area (TPSA) is 96.0 Å². The van der Waals surface area contributed by atoms with Crippen LogP contribution < -0.4 is 10.1 Å². The first kappa shape index (κ1) is 22.6. The van der Waals surface area contributed by atoms with Crippen molar-refractivity contribution in [3.8, 4) is 5.75 Å². The molecule has 0 radical (unpaired) electrons. The summed E-state index contributed by atoms with van der Waals surface area (Å²) in [6.45, 7) is 6.76. The molecule has 8 nitrogen and oxygen atoms in total. The van der Waals surface area contributed by atoms with E-state index in [2.05, 4.69) is 12.2 Å². The number of carbonyl (C=O) groups is 2. The Bertz CT molecular complexity index is 923. The van der Waals surface area contributed by atoms with Crippen LogP contribution in [-0.2, 0) is 19.6 Å². The number of nitrogens with one attached hydrogen (secondary N) is 1. The molecule has 0 unspecified atom stereocenters. The number of fused-ring (bicyclic) bond motifs is 1. The highest BCUT2D eigenvalue weighted by Gasteiger charge is 2.35. The Morgan fingerprint density at radius 3 is 2.60 bits per heavy atom. The molecule has 2 heterocycles. The maximum Gasteiger partial charge on any atom is 0.265 e. The number of unbranched alkanes of at least 4 members (excludes halogenated alkanes) is 1. The van der Waals surface area contributed by atoms with Gasteiger partial charge in [-0.25, -0.2) is 8.42 Å². The van der Waals surface area contributed by atoms with Gasteiger partial charge in [-0.2, -0.15) is 4.31 Å². The fourth-order valence-electron chi connectivity index (χ4n) is 3.92. The fraction of sp³-hybridized carbons (Fsp3) is 0.619. The fourth-order valence-corrected chi connectivity index (χ4v) is 5.61. The van der Waals surface area contributed by atoms with Crippen LogP contribution in [0.25, 0.3) is 0 Å². The zero-order valence-electron chi connectivity index (χ0n) is 18.1. The van der Waals surface area contributed by atoms with Crippen molar-refractivity contribution in [2.75, 3.05) is 32.0 Å². The molecule has 3 rings (SSSR count). The summed E-state index contributed by atoms with van der Waals surface area (Å²) in [4.78, 5) is 26.3. The standard InChI is InChI=1S/C21H31N3O5S/c1-5-6-9-23(4)21(26)16-7-10-24(11-8-16)30(27,28)19-13-18-17(12-14(19)2)22-20(25)15(3)29-18/h12-13,15-16H,5-11H2,1-4H3,(H,22,25)/t15-/m0/s1. The van der Waals surface area contributed by atoms with Gasteiger partial charge >= 0.3 is 0 Å². The molecule has 30 heavy (non-hydrogen) atoms. The monoisotopic (exact) mass is 437 g/mol. The number of benzene rings is 1. The number of hydrogen-bond acceptors (Lipinski definition) is 5. The second-order valence-electron chi connectivity index (χ2n) is 8.15. The third-order valence-corrected chi connectivity index (χ3v) is 7.89. The predicted molar refractivity (Wildman–Crippen MR) is 114 cm³/mol. The lowest BCUT2D eigenvalue weighted by Gasteiger charge is -2.33. The Morgan fingerprint density at radius 1 is 1.30 bits per heavy atom. The van der Waals surface area contributed by atoms with Gasteiger partial charge in [0.15, 0.2) is 6.10 Å². The largest absolute Gasteiger partial charge is 0.479 e. The number of ether oxygens (including phenoxy) is 1. The minimum absolute atomic E-state index is 0.101. The summed E-state index contributed by atoms with van der Waals surface area (Å²) in [5.41, 5.74) is 1.03. The highest BCUT2D eigenvalue weighted by Crippen LogP contribution is 2.36. The molecule has 0 bridgehead atoms. The maximum atomic E-state index is 13.3. The molecule has 2 aliphatic rings. The highest BCUT2D eigenvalue weighted by molar-refractivity contribution is 7.89. The van der Waals surface area contributed by atoms with E-state index in [1.165, 1.54) is 10.4 Å². The molecule has 2 aliphatic heterocycles. The van der Waals surface area contributed by atoms with Crippen LogP contribution in [0.5, 0.6) is 5.75 Å². The summed E-state index contributed by atoms with van der Waals surface area (Å²) in [6.07, 6.45) is 2.35. The van der Waals surface area contributed by atoms with E-state index in [1.807, 2.05) is 7.05 Å². The van der Waals surface area contributed by atoms with Crippen LogP contribution in [0, 0.1) is 12.8 Å². The average Bonchev–Trinajstić information content (AvgIpc) is 2.72. The molecule has 2 amide bonds. The van der Waals surface area contributed by atoms with Crippen LogP contribution in [0.1, 0.15) is 45.1 Å². The molecule has 1 N–H and O–H groups in total. The van der Waals surface area contributed by atoms with E-state index in [-0.39, 0.29) is 22.6 Å². The maximum absolute atomic E-state index is 13.3. The lowest BCUT2D eigenvalue weighted by atomic mass is 9.96. The second-order valence-corrected chi connectivity index (χ2v) is 10.1. The zero-order chi connectivity index (χ0) is 22.1. The van der Waals surface area contributed by atoms with Crippen molar-refractivity contribution in [2.24, 2.45) is 5.92 Å². The Hall–Kier alpha value is -2.13. The molecule has 0 aromatic heterocycles. The summed E-state index contributed by atoms with van der Waals surface area (Å²) in [6, 6.07) is 3.12. The van der Waals surface area contributed by atoms with Gasteiger partial charge in [0, 0.05) is 38.7 Å². The first-order valence-corrected chi connectivity index (χ1v) is 12.0. The molecule has 1 fully saturated rings. The predicted octanol–water partition coefficient (Wildman–Crippen LogP) is 2.37. The van der Waals surface area contributed by atoms with Gasteiger partial charge in [-0.15, -0.1) is 0 Å². The van der Waals surface area contributed by atoms with Gasteiger partial charge in [0.2, 0.25) is 15.9 Å². The van der Waals surface area contributed by atoms with E-state index in [0.29, 0.717) is 42.9 Å². The van der Waals surface area contributed by atoms with Crippen LogP contribution in [0.15, 0.2) is 17.0 Å². The van der Waals surface area contributed by atoms with E-state index < -0.39 is 16.1 Å². The molecule has 0 aliphatic carbocycles. The number of anilines is 1. The van der Waals surface area contributed by atoms with Gasteiger partial charge in [-0.05, 0) is 44.7 Å². The Kier molecular flexibility index (Phi) is 6.71. The number of amides is 2. The summed E-state index contributed by atoms with van der Waals surface area (Å²) >= 11 is 0. The average molecular weight is 438 g/mol. The Balaban J connectivity index is 1.72. The quantitative estimate of drug-likeness (QED) is 0.737. The summed E-state index contributed by atoms with van der Waals surface area (Å²) in [5.74, 6) is 0.0629. The SMILES string of the molecule is CCCCN(C)C(=O)C1CCN(S(=O)(=O)c2cc3c(cc2C)NC(=O)[C@H](C)O3)CC1. The summed E-state index contributed by atoms with van der Waals surface area (Å²) in [5, 5.41) is 2.74. The van der Waals surface area contributed by atoms with Crippen LogP contribution in [0.3, 0.4) is 0 Å². The third kappa shape index (κ3) is 4.46. The molecule has 9 heteroatoms. The van der Waals surface area contributed by atoms with Gasteiger partial charge in [0.25, 0.3) is 5.91 Å². The van der Waals surface area contributed by atoms with Crippen molar-refractivity contribution in [2.45, 2.75) is 57.5 Å². The van der Waals surface area contributed by atoms with Gasteiger partial charge in [-0.1, -0.05) is 13.3 Å². The van der Waals surface area contributed by atoms with Gasteiger partial charge in [0.05, 0.1) is 10.6 Å². The van der Waals surface area contributed by atoms with Crippen LogP contribution in [0.2, 0.25) is 0 Å². The lowest BCUT2D eigenvalue weighted by molar-refractivity contribution is -0.135. The van der Waals surface area contributed by atoms with Crippen molar-refractivity contribution >= 4 is 27.5 Å². The van der Waals surface area contributed by atoms with Crippen molar-refractivity contribution in [1.82, 2.24) is 9.21 Å². The highest BCUT2D eigenvalue weighted by atomic mass is 32.2. The minimum Gasteiger partial charge on any atom is -0.479 e. The normalized spacial score (nSPS) is 20.3. The van der Waals surface area contributed by atoms with E-state index in [1.54, 1.807) is 24.8 Å². The molecular formula is C21H31N3O5S. The zero-order valence-corrected chi connectivity index (χ0v) is 18.9. The van der Waals surface area contributed by atoms with E-state index >= 15 is 0 Å². The number of rotatable bonds is 6. The molecular weight excluding hydrogens is 406 g/mol. The van der Waals surface area contributed by atoms with Crippen LogP contribution in [0.4, 0.5) is 5.69 Å². The number of hydrogen-bond donors (Lipinski definition) is 1. The van der Waals surface area contributed by atoms with Crippen molar-refractivity contribution in [3.05, 3.63) is 17.7 Å². The van der Waals surface area contributed by atoms with Crippen LogP contribution in [-0.4, -0.2) is 62.2 Å². The van der Waals surface area contributed by atoms with Gasteiger partial charge in [0.1, 0.15) is 5.75 Å². The Morgan fingerprint density at radius 2 is 1.97 bits per heavy atom. The second kappa shape index (κ2) is 8.93. The molecule has 166 valence electrons. The lowest BCUT2D eigenvalue weighted by Crippen LogP contribution is -2.43. The van der Waals surface area contributed by atoms with Crippen molar-refractivity contribution < 1.29 is 22.7 Å². The van der Waals surface area contributed by atoms with Crippen LogP contribution >= 0.6 is 0 Å². The van der Waals surface area contributed by atoms with Gasteiger partial charge in [-0.3, -0.25) is 9.59 Å². The first-order chi connectivity index (χ1) is 14.1. The van der Waals surface area contributed by atoms with Crippen molar-refractivity contribution in [1.29, 1.82) is 0 Å². The van der Waals surface area contributed by atoms with E-state index in [0.717, 1.165) is 19.4 Å². The number of aryl methyl sites for hydroxylation is 1. The van der Waals surface area contributed by atoms with Crippen molar-refractivity contribution in [3.63, 3.8) is 0 Å². The minimum atomic E-state index is -3.73. The summed E-state index contributed by atoms with van der Waals surface area (Å²) < 4.78 is 33.6. The number of nitrogens with zero attached hydrogens (tertiary/aromatic N) is 2. The third-order valence-electron chi connectivity index (χ3n) is 5.85. The number of piperidine rings is 1. The molecule has 1 atom stereocenters. The molecule has 0 spiro atoms. The molecule has 1 saturated heterocycles. The number of carbonyl (C=O) groups excluding carboxylic acids is 2. The van der Waals surface area contributed by atoms with E-state index in [4.69, 9.17) is 4.74 Å². The summed E-state index contributed by atoms with van der Waals surface area (Å²) in [7, 11) is -1.91. The first-order valence-electron chi connectivity index (χ1n) is 10.5. The smallest absolute Gasteiger partial charge is 0.265 e. The Labute approximate surface area is 178 Å². The molecule has 1 aromatic carbocycles. The van der Waals surface area contributed by atoms with Gasteiger partial charge < -0.3 is 15.0 Å². The number of sulfonamides is 1. The van der Waals surface area contributed by atoms with E-state index in [9.17, 15) is 18.0 Å². The molecule has 0 saturated carbocycles. The molecule has 1 aromatic rings.